The van der Waals surface area contributed by atoms with Crippen LogP contribution >= 0.6 is 23.2 Å². The van der Waals surface area contributed by atoms with Crippen LogP contribution in [0.15, 0.2) is 36.5 Å². The van der Waals surface area contributed by atoms with Crippen LogP contribution < -0.4 is 4.90 Å². The van der Waals surface area contributed by atoms with Crippen molar-refractivity contribution in [2.24, 2.45) is 0 Å². The standard InChI is InChI=1S/C16H16Cl2N2/c17-10-12-9-14(18)16(19-11-12)20-8-4-3-6-13-5-1-2-7-15(13)20/h1-2,5,7,9,11H,3-4,6,8,10H2. The van der Waals surface area contributed by atoms with Crippen molar-refractivity contribution in [1.29, 1.82) is 0 Å². The predicted molar refractivity (Wildman–Crippen MR) is 85.2 cm³/mol. The summed E-state index contributed by atoms with van der Waals surface area (Å²) in [6, 6.07) is 10.4. The largest absolute Gasteiger partial charge is 0.325 e. The van der Waals surface area contributed by atoms with Crippen LogP contribution in [0.3, 0.4) is 0 Å². The molecule has 2 heterocycles. The van der Waals surface area contributed by atoms with Crippen LogP contribution in [-0.4, -0.2) is 11.5 Å². The molecule has 0 bridgehead atoms. The van der Waals surface area contributed by atoms with Gasteiger partial charge in [-0.2, -0.15) is 0 Å². The molecule has 2 nitrogen and oxygen atoms in total. The zero-order valence-electron chi connectivity index (χ0n) is 11.1. The fraction of sp³-hybridized carbons (Fsp3) is 0.312. The van der Waals surface area contributed by atoms with E-state index in [9.17, 15) is 0 Å². The smallest absolute Gasteiger partial charge is 0.151 e. The third-order valence-electron chi connectivity index (χ3n) is 3.65. The molecule has 0 N–H and O–H groups in total. The molecule has 104 valence electrons. The molecule has 0 saturated carbocycles. The molecule has 0 saturated heterocycles. The molecule has 3 rings (SSSR count). The first-order valence-corrected chi connectivity index (χ1v) is 7.76. The van der Waals surface area contributed by atoms with E-state index in [0.717, 1.165) is 30.8 Å². The van der Waals surface area contributed by atoms with Crippen molar-refractivity contribution in [1.82, 2.24) is 4.98 Å². The highest BCUT2D eigenvalue weighted by Crippen LogP contribution is 2.35. The molecule has 0 spiro atoms. The van der Waals surface area contributed by atoms with Gasteiger partial charge in [-0.15, -0.1) is 11.6 Å². The Balaban J connectivity index is 2.05. The van der Waals surface area contributed by atoms with Gasteiger partial charge in [0.1, 0.15) is 0 Å². The molecular formula is C16H16Cl2N2. The molecule has 0 unspecified atom stereocenters. The molecule has 4 heteroatoms. The van der Waals surface area contributed by atoms with Crippen molar-refractivity contribution in [2.75, 3.05) is 11.4 Å². The van der Waals surface area contributed by atoms with Gasteiger partial charge >= 0.3 is 0 Å². The number of halogens is 2. The van der Waals surface area contributed by atoms with Crippen LogP contribution in [0.4, 0.5) is 11.5 Å². The maximum absolute atomic E-state index is 6.40. The van der Waals surface area contributed by atoms with Crippen LogP contribution in [0.2, 0.25) is 5.02 Å². The third kappa shape index (κ3) is 2.63. The first kappa shape index (κ1) is 13.7. The summed E-state index contributed by atoms with van der Waals surface area (Å²) in [4.78, 5) is 6.75. The molecule has 2 aromatic rings. The summed E-state index contributed by atoms with van der Waals surface area (Å²) in [6.07, 6.45) is 5.26. The molecule has 0 radical (unpaired) electrons. The van der Waals surface area contributed by atoms with Gasteiger partial charge in [0.15, 0.2) is 5.82 Å². The van der Waals surface area contributed by atoms with Crippen molar-refractivity contribution in [3.63, 3.8) is 0 Å². The monoisotopic (exact) mass is 306 g/mol. The van der Waals surface area contributed by atoms with Crippen LogP contribution in [0.1, 0.15) is 24.0 Å². The van der Waals surface area contributed by atoms with E-state index >= 15 is 0 Å². The lowest BCUT2D eigenvalue weighted by molar-refractivity contribution is 0.757. The van der Waals surface area contributed by atoms with E-state index in [-0.39, 0.29) is 0 Å². The van der Waals surface area contributed by atoms with Crippen molar-refractivity contribution in [2.45, 2.75) is 25.1 Å². The first-order chi connectivity index (χ1) is 9.79. The number of alkyl halides is 1. The van der Waals surface area contributed by atoms with E-state index in [0.29, 0.717) is 10.9 Å². The molecule has 1 aliphatic heterocycles. The number of nitrogens with zero attached hydrogens (tertiary/aromatic N) is 2. The summed E-state index contributed by atoms with van der Waals surface area (Å²) in [5.74, 6) is 1.26. The molecule has 1 aromatic carbocycles. The molecule has 0 aliphatic carbocycles. The van der Waals surface area contributed by atoms with Gasteiger partial charge in [0, 0.05) is 24.3 Å². The first-order valence-electron chi connectivity index (χ1n) is 6.85. The Bertz CT molecular complexity index is 613. The van der Waals surface area contributed by atoms with Crippen molar-refractivity contribution in [3.05, 3.63) is 52.7 Å². The van der Waals surface area contributed by atoms with Gasteiger partial charge in [-0.1, -0.05) is 29.8 Å². The summed E-state index contributed by atoms with van der Waals surface area (Å²) in [5.41, 5.74) is 3.53. The van der Waals surface area contributed by atoms with Gasteiger partial charge in [0.25, 0.3) is 0 Å². The minimum absolute atomic E-state index is 0.434. The zero-order valence-corrected chi connectivity index (χ0v) is 12.7. The summed E-state index contributed by atoms with van der Waals surface area (Å²) in [7, 11) is 0. The number of aryl methyl sites for hydroxylation is 1. The van der Waals surface area contributed by atoms with E-state index in [4.69, 9.17) is 23.2 Å². The predicted octanol–water partition coefficient (Wildman–Crippen LogP) is 4.95. The number of fused-ring (bicyclic) bond motifs is 1. The Morgan fingerprint density at radius 3 is 2.85 bits per heavy atom. The molecular weight excluding hydrogens is 291 g/mol. The van der Waals surface area contributed by atoms with Crippen LogP contribution in [0, 0.1) is 0 Å². The number of aromatic nitrogens is 1. The van der Waals surface area contributed by atoms with Gasteiger partial charge in [-0.05, 0) is 42.5 Å². The van der Waals surface area contributed by atoms with Crippen molar-refractivity contribution < 1.29 is 0 Å². The lowest BCUT2D eigenvalue weighted by Gasteiger charge is -2.25. The average Bonchev–Trinajstić information content (AvgIpc) is 2.69. The number of rotatable bonds is 2. The maximum atomic E-state index is 6.40. The summed E-state index contributed by atoms with van der Waals surface area (Å²) in [6.45, 7) is 0.948. The lowest BCUT2D eigenvalue weighted by Crippen LogP contribution is -2.19. The van der Waals surface area contributed by atoms with Gasteiger partial charge in [-0.25, -0.2) is 4.98 Å². The lowest BCUT2D eigenvalue weighted by atomic mass is 10.1. The topological polar surface area (TPSA) is 16.1 Å². The summed E-state index contributed by atoms with van der Waals surface area (Å²) >= 11 is 12.2. The second-order valence-electron chi connectivity index (χ2n) is 5.02. The molecule has 0 fully saturated rings. The quantitative estimate of drug-likeness (QED) is 0.730. The number of benzene rings is 1. The minimum Gasteiger partial charge on any atom is -0.325 e. The maximum Gasteiger partial charge on any atom is 0.151 e. The van der Waals surface area contributed by atoms with Crippen LogP contribution in [0.5, 0.6) is 0 Å². The van der Waals surface area contributed by atoms with Gasteiger partial charge < -0.3 is 4.90 Å². The van der Waals surface area contributed by atoms with E-state index in [1.54, 1.807) is 0 Å². The van der Waals surface area contributed by atoms with Crippen LogP contribution in [0.25, 0.3) is 0 Å². The second kappa shape index (κ2) is 6.02. The molecule has 0 amide bonds. The SMILES string of the molecule is ClCc1cnc(N2CCCCc3ccccc32)c(Cl)c1. The fourth-order valence-corrected chi connectivity index (χ4v) is 3.09. The number of hydrogen-bond donors (Lipinski definition) is 0. The summed E-state index contributed by atoms with van der Waals surface area (Å²) < 4.78 is 0. The minimum atomic E-state index is 0.434. The van der Waals surface area contributed by atoms with Gasteiger partial charge in [0.05, 0.1) is 5.02 Å². The fourth-order valence-electron chi connectivity index (χ4n) is 2.65. The molecule has 1 aliphatic rings. The Kier molecular flexibility index (Phi) is 4.13. The van der Waals surface area contributed by atoms with E-state index in [2.05, 4.69) is 34.1 Å². The van der Waals surface area contributed by atoms with E-state index < -0.39 is 0 Å². The summed E-state index contributed by atoms with van der Waals surface area (Å²) in [5, 5.41) is 0.667. The van der Waals surface area contributed by atoms with Gasteiger partial charge in [0.2, 0.25) is 0 Å². The number of para-hydroxylation sites is 1. The van der Waals surface area contributed by atoms with Crippen molar-refractivity contribution >= 4 is 34.7 Å². The number of hydrogen-bond acceptors (Lipinski definition) is 2. The zero-order chi connectivity index (χ0) is 13.9. The Labute approximate surface area is 129 Å². The van der Waals surface area contributed by atoms with Crippen LogP contribution in [-0.2, 0) is 12.3 Å². The second-order valence-corrected chi connectivity index (χ2v) is 5.69. The molecule has 0 atom stereocenters. The number of pyridine rings is 1. The highest BCUT2D eigenvalue weighted by molar-refractivity contribution is 6.33. The molecule has 1 aromatic heterocycles. The molecule has 20 heavy (non-hydrogen) atoms. The Hall–Kier alpha value is -1.25. The Morgan fingerprint density at radius 2 is 2.05 bits per heavy atom. The Morgan fingerprint density at radius 1 is 1.20 bits per heavy atom. The highest BCUT2D eigenvalue weighted by Gasteiger charge is 2.19. The van der Waals surface area contributed by atoms with Crippen molar-refractivity contribution in [3.8, 4) is 0 Å². The third-order valence-corrected chi connectivity index (χ3v) is 4.24. The highest BCUT2D eigenvalue weighted by atomic mass is 35.5. The van der Waals surface area contributed by atoms with Gasteiger partial charge in [-0.3, -0.25) is 0 Å². The average molecular weight is 307 g/mol. The van der Waals surface area contributed by atoms with E-state index in [1.807, 2.05) is 12.3 Å². The normalized spacial score (nSPS) is 14.8. The number of anilines is 2. The van der Waals surface area contributed by atoms with E-state index in [1.165, 1.54) is 17.7 Å².